The van der Waals surface area contributed by atoms with Crippen molar-refractivity contribution in [3.8, 4) is 11.1 Å². The van der Waals surface area contributed by atoms with Crippen LogP contribution in [0.25, 0.3) is 11.1 Å². The lowest BCUT2D eigenvalue weighted by atomic mass is 9.98. The minimum atomic E-state index is -1.02. The predicted molar refractivity (Wildman–Crippen MR) is 140 cm³/mol. The molecular formula is C28H35N3O8. The van der Waals surface area contributed by atoms with Crippen LogP contribution in [-0.4, -0.2) is 61.6 Å². The van der Waals surface area contributed by atoms with Crippen LogP contribution < -0.4 is 10.6 Å². The molecule has 0 aromatic heterocycles. The topological polar surface area (TPSA) is 125 Å². The molecule has 2 aromatic rings. The first-order valence-corrected chi connectivity index (χ1v) is 13.1. The van der Waals surface area contributed by atoms with Crippen LogP contribution in [0.3, 0.4) is 0 Å². The van der Waals surface area contributed by atoms with E-state index in [1.165, 1.54) is 0 Å². The van der Waals surface area contributed by atoms with Crippen molar-refractivity contribution >= 4 is 18.2 Å². The maximum atomic E-state index is 12.8. The Morgan fingerprint density at radius 3 is 2.18 bits per heavy atom. The van der Waals surface area contributed by atoms with E-state index in [0.717, 1.165) is 22.3 Å². The number of benzene rings is 2. The largest absolute Gasteiger partial charge is 0.449 e. The van der Waals surface area contributed by atoms with Crippen molar-refractivity contribution in [2.75, 3.05) is 26.4 Å². The molecule has 0 bridgehead atoms. The number of carbonyl (C=O) groups excluding carboxylic acids is 3. The van der Waals surface area contributed by atoms with Crippen molar-refractivity contribution < 1.29 is 38.4 Å². The van der Waals surface area contributed by atoms with E-state index >= 15 is 0 Å². The molecule has 2 N–H and O–H groups in total. The van der Waals surface area contributed by atoms with Gasteiger partial charge in [-0.05, 0) is 62.3 Å². The van der Waals surface area contributed by atoms with Crippen molar-refractivity contribution in [1.82, 2.24) is 16.0 Å². The first-order chi connectivity index (χ1) is 18.7. The van der Waals surface area contributed by atoms with Crippen LogP contribution in [0.15, 0.2) is 48.5 Å². The Hall–Kier alpha value is -3.67. The Morgan fingerprint density at radius 1 is 0.949 bits per heavy atom. The molecule has 39 heavy (non-hydrogen) atoms. The SMILES string of the molecule is CC(C)(C)OC(=O)NCCCC[C@H](NC(=O)OCC1c2ccccc2-c2ccccc21)C(=O)ON1OCCO1. The number of carbonyl (C=O) groups is 3. The number of rotatable bonds is 10. The highest BCUT2D eigenvalue weighted by Crippen LogP contribution is 2.44. The number of unbranched alkanes of at least 4 members (excludes halogenated alkanes) is 1. The Labute approximate surface area is 227 Å². The fourth-order valence-electron chi connectivity index (χ4n) is 4.46. The molecule has 2 aromatic carbocycles. The highest BCUT2D eigenvalue weighted by Gasteiger charge is 2.31. The first kappa shape index (κ1) is 28.3. The van der Waals surface area contributed by atoms with Gasteiger partial charge in [0.15, 0.2) is 0 Å². The first-order valence-electron chi connectivity index (χ1n) is 13.1. The lowest BCUT2D eigenvalue weighted by Crippen LogP contribution is -2.44. The zero-order chi connectivity index (χ0) is 27.8. The molecule has 1 aliphatic heterocycles. The minimum Gasteiger partial charge on any atom is -0.449 e. The highest BCUT2D eigenvalue weighted by molar-refractivity contribution is 5.81. The third-order valence-electron chi connectivity index (χ3n) is 6.15. The molecule has 0 radical (unpaired) electrons. The normalized spacial score (nSPS) is 15.7. The van der Waals surface area contributed by atoms with Crippen molar-refractivity contribution in [2.45, 2.75) is 57.6 Å². The molecule has 1 fully saturated rings. The number of nitrogens with one attached hydrogen (secondary N) is 2. The summed E-state index contributed by atoms with van der Waals surface area (Å²) in [4.78, 5) is 52.5. The summed E-state index contributed by atoms with van der Waals surface area (Å²) in [6.07, 6.45) is 0.0346. The fraction of sp³-hybridized carbons (Fsp3) is 0.464. The molecule has 2 aliphatic rings. The molecule has 2 amide bonds. The average Bonchev–Trinajstić information content (AvgIpc) is 3.51. The Kier molecular flexibility index (Phi) is 9.39. The smallest absolute Gasteiger partial charge is 0.407 e. The molecule has 11 nitrogen and oxygen atoms in total. The maximum absolute atomic E-state index is 12.8. The number of ether oxygens (including phenoxy) is 2. The van der Waals surface area contributed by atoms with Gasteiger partial charge in [-0.1, -0.05) is 48.5 Å². The standard InChI is InChI=1S/C28H35N3O8/c1-28(2,3)38-26(33)29-15-9-8-14-24(25(32)39-31-36-16-17-37-31)30-27(34)35-18-23-21-12-6-4-10-19(21)20-11-5-7-13-22(20)23/h4-7,10-13,23-24H,8-9,14-18H2,1-3H3,(H,29,33)(H,30,34)/t24-/m0/s1. The van der Waals surface area contributed by atoms with Crippen LogP contribution in [0.5, 0.6) is 0 Å². The second-order valence-corrected chi connectivity index (χ2v) is 10.2. The molecule has 0 saturated carbocycles. The average molecular weight is 542 g/mol. The van der Waals surface area contributed by atoms with Crippen molar-refractivity contribution in [2.24, 2.45) is 0 Å². The maximum Gasteiger partial charge on any atom is 0.407 e. The van der Waals surface area contributed by atoms with Gasteiger partial charge in [0, 0.05) is 12.5 Å². The molecule has 210 valence electrons. The summed E-state index contributed by atoms with van der Waals surface area (Å²) in [7, 11) is 0. The number of amides is 2. The molecule has 1 aliphatic carbocycles. The summed E-state index contributed by atoms with van der Waals surface area (Å²) in [6, 6.07) is 15.0. The van der Waals surface area contributed by atoms with E-state index in [0.29, 0.717) is 24.8 Å². The molecule has 1 atom stereocenters. The van der Waals surface area contributed by atoms with Gasteiger partial charge in [0.25, 0.3) is 0 Å². The van der Waals surface area contributed by atoms with Gasteiger partial charge in [-0.15, -0.1) is 0 Å². The van der Waals surface area contributed by atoms with Crippen molar-refractivity contribution in [3.63, 3.8) is 0 Å². The van der Waals surface area contributed by atoms with Gasteiger partial charge < -0.3 is 24.9 Å². The fourth-order valence-corrected chi connectivity index (χ4v) is 4.46. The minimum absolute atomic E-state index is 0.111. The lowest BCUT2D eigenvalue weighted by molar-refractivity contribution is -0.460. The van der Waals surface area contributed by atoms with E-state index in [-0.39, 0.29) is 32.2 Å². The molecule has 11 heteroatoms. The molecule has 0 unspecified atom stereocenters. The van der Waals surface area contributed by atoms with E-state index in [1.807, 2.05) is 36.4 Å². The monoisotopic (exact) mass is 541 g/mol. The molecule has 4 rings (SSSR count). The summed E-state index contributed by atoms with van der Waals surface area (Å²) in [5.74, 6) is -0.871. The van der Waals surface area contributed by atoms with Gasteiger partial charge in [0.2, 0.25) is 0 Å². The molecule has 1 heterocycles. The molecule has 0 spiro atoms. The zero-order valence-corrected chi connectivity index (χ0v) is 22.4. The second kappa shape index (κ2) is 12.9. The van der Waals surface area contributed by atoms with Gasteiger partial charge >= 0.3 is 18.2 Å². The van der Waals surface area contributed by atoms with Gasteiger partial charge in [0.05, 0.1) is 0 Å². The second-order valence-electron chi connectivity index (χ2n) is 10.2. The lowest BCUT2D eigenvalue weighted by Gasteiger charge is -2.21. The van der Waals surface area contributed by atoms with Gasteiger partial charge in [-0.3, -0.25) is 0 Å². The number of fused-ring (bicyclic) bond motifs is 3. The molecular weight excluding hydrogens is 506 g/mol. The number of hydrogen-bond donors (Lipinski definition) is 2. The summed E-state index contributed by atoms with van der Waals surface area (Å²) < 4.78 is 10.8. The van der Waals surface area contributed by atoms with Gasteiger partial charge in [-0.25, -0.2) is 24.1 Å². The van der Waals surface area contributed by atoms with E-state index in [2.05, 4.69) is 22.8 Å². The van der Waals surface area contributed by atoms with E-state index in [1.54, 1.807) is 20.8 Å². The van der Waals surface area contributed by atoms with Crippen LogP contribution >= 0.6 is 0 Å². The predicted octanol–water partition coefficient (Wildman–Crippen LogP) is 4.23. The van der Waals surface area contributed by atoms with Crippen LogP contribution in [0.1, 0.15) is 57.1 Å². The van der Waals surface area contributed by atoms with Gasteiger partial charge in [0.1, 0.15) is 36.9 Å². The summed E-state index contributed by atoms with van der Waals surface area (Å²) in [5, 5.41) is 5.92. The van der Waals surface area contributed by atoms with Crippen LogP contribution in [0, 0.1) is 0 Å². The summed E-state index contributed by atoms with van der Waals surface area (Å²) >= 11 is 0. The van der Waals surface area contributed by atoms with E-state index in [4.69, 9.17) is 24.0 Å². The number of hydrogen-bond acceptors (Lipinski definition) is 9. The van der Waals surface area contributed by atoms with E-state index in [9.17, 15) is 14.4 Å². The summed E-state index contributed by atoms with van der Waals surface area (Å²) in [5.41, 5.74) is 3.82. The molecule has 1 saturated heterocycles. The van der Waals surface area contributed by atoms with Crippen LogP contribution in [0.4, 0.5) is 9.59 Å². The third kappa shape index (κ3) is 7.92. The number of alkyl carbamates (subject to hydrolysis) is 2. The zero-order valence-electron chi connectivity index (χ0n) is 22.4. The number of nitrogens with zero attached hydrogens (tertiary/aromatic N) is 1. The van der Waals surface area contributed by atoms with Crippen LogP contribution in [-0.2, 0) is 28.8 Å². The van der Waals surface area contributed by atoms with Gasteiger partial charge in [-0.2, -0.15) is 0 Å². The van der Waals surface area contributed by atoms with Crippen molar-refractivity contribution in [3.05, 3.63) is 59.7 Å². The Morgan fingerprint density at radius 2 is 1.56 bits per heavy atom. The highest BCUT2D eigenvalue weighted by atomic mass is 17.2. The van der Waals surface area contributed by atoms with Crippen molar-refractivity contribution in [1.29, 1.82) is 0 Å². The Bertz CT molecular complexity index is 1110. The van der Waals surface area contributed by atoms with E-state index < -0.39 is 29.8 Å². The summed E-state index contributed by atoms with van der Waals surface area (Å²) in [6.45, 7) is 6.30. The third-order valence-corrected chi connectivity index (χ3v) is 6.15. The quantitative estimate of drug-likeness (QED) is 0.425. The Balaban J connectivity index is 1.31. The van der Waals surface area contributed by atoms with Crippen LogP contribution in [0.2, 0.25) is 0 Å².